The average Bonchev–Trinajstić information content (AvgIpc) is 3.09. The highest BCUT2D eigenvalue weighted by atomic mass is 16.5. The minimum absolute atomic E-state index is 0.0578. The first-order valence-electron chi connectivity index (χ1n) is 11.8. The Balaban J connectivity index is 1.26. The van der Waals surface area contributed by atoms with Gasteiger partial charge in [0.1, 0.15) is 11.3 Å². The number of Topliss-reactive ketones (excluding diaryl/α,β-unsaturated/α-hetero) is 1. The number of anilines is 1. The lowest BCUT2D eigenvalue weighted by atomic mass is 9.76. The Morgan fingerprint density at radius 3 is 2.47 bits per heavy atom. The summed E-state index contributed by atoms with van der Waals surface area (Å²) < 4.78 is 5.35. The van der Waals surface area contributed by atoms with E-state index in [1.165, 1.54) is 4.90 Å². The van der Waals surface area contributed by atoms with E-state index in [2.05, 4.69) is 15.1 Å². The van der Waals surface area contributed by atoms with Crippen LogP contribution in [0.5, 0.6) is 5.75 Å². The highest BCUT2D eigenvalue weighted by Gasteiger charge is 2.54. The number of imide groups is 1. The Kier molecular flexibility index (Phi) is 5.77. The number of carbonyl (C=O) groups excluding carboxylic acids is 3. The van der Waals surface area contributed by atoms with Gasteiger partial charge < -0.3 is 15.0 Å². The van der Waals surface area contributed by atoms with Crippen molar-refractivity contribution < 1.29 is 19.1 Å². The van der Waals surface area contributed by atoms with Crippen LogP contribution < -0.4 is 15.0 Å². The number of carbonyl (C=O) groups is 3. The molecule has 34 heavy (non-hydrogen) atoms. The largest absolute Gasteiger partial charge is 0.497 e. The van der Waals surface area contributed by atoms with E-state index in [1.807, 2.05) is 42.5 Å². The maximum atomic E-state index is 13.6. The first-order valence-corrected chi connectivity index (χ1v) is 11.8. The molecule has 0 saturated carbocycles. The molecule has 1 N–H and O–H groups in total. The second-order valence-corrected chi connectivity index (χ2v) is 9.29. The summed E-state index contributed by atoms with van der Waals surface area (Å²) in [5, 5.41) is 3.03. The fourth-order valence-electron chi connectivity index (χ4n) is 5.36. The Morgan fingerprint density at radius 2 is 1.79 bits per heavy atom. The second-order valence-electron chi connectivity index (χ2n) is 9.29. The number of fused-ring (bicyclic) bond motifs is 2. The Bertz CT molecular complexity index is 1120. The number of aryl methyl sites for hydroxylation is 1. The van der Waals surface area contributed by atoms with Gasteiger partial charge in [0, 0.05) is 37.4 Å². The highest BCUT2D eigenvalue weighted by molar-refractivity contribution is 6.07. The molecule has 2 saturated heterocycles. The number of ketones is 1. The van der Waals surface area contributed by atoms with Crippen LogP contribution >= 0.6 is 0 Å². The van der Waals surface area contributed by atoms with Gasteiger partial charge in [-0.1, -0.05) is 6.07 Å². The first-order chi connectivity index (χ1) is 16.4. The number of piperazine rings is 1. The molecule has 2 heterocycles. The molecule has 2 aliphatic heterocycles. The summed E-state index contributed by atoms with van der Waals surface area (Å²) in [7, 11) is 1.63. The molecule has 5 rings (SSSR count). The molecule has 3 aliphatic rings. The molecular weight excluding hydrogens is 432 g/mol. The normalized spacial score (nSPS) is 22.6. The van der Waals surface area contributed by atoms with Gasteiger partial charge >= 0.3 is 6.03 Å². The van der Waals surface area contributed by atoms with Crippen molar-refractivity contribution in [1.29, 1.82) is 0 Å². The highest BCUT2D eigenvalue weighted by Crippen LogP contribution is 2.41. The number of urea groups is 1. The SMILES string of the molecule is COc1ccc2c(c1)CCCC21NC(=O)N(CN2CCN(c3ccc(C(C)=O)cc3)CC2)C1=O. The van der Waals surface area contributed by atoms with Gasteiger partial charge in [0.15, 0.2) is 5.78 Å². The van der Waals surface area contributed by atoms with E-state index in [9.17, 15) is 14.4 Å². The van der Waals surface area contributed by atoms with E-state index in [1.54, 1.807) is 14.0 Å². The minimum atomic E-state index is -0.975. The van der Waals surface area contributed by atoms with Crippen molar-refractivity contribution in [3.63, 3.8) is 0 Å². The number of ether oxygens (including phenoxy) is 1. The van der Waals surface area contributed by atoms with E-state index in [4.69, 9.17) is 4.74 Å². The van der Waals surface area contributed by atoms with E-state index in [0.29, 0.717) is 12.0 Å². The summed E-state index contributed by atoms with van der Waals surface area (Å²) in [5.74, 6) is 0.659. The summed E-state index contributed by atoms with van der Waals surface area (Å²) in [6.45, 7) is 4.91. The summed E-state index contributed by atoms with van der Waals surface area (Å²) >= 11 is 0. The van der Waals surface area contributed by atoms with Gasteiger partial charge in [-0.25, -0.2) is 9.69 Å². The molecule has 1 aliphatic carbocycles. The Morgan fingerprint density at radius 1 is 1.06 bits per heavy atom. The molecule has 0 radical (unpaired) electrons. The van der Waals surface area contributed by atoms with Crippen molar-refractivity contribution in [2.24, 2.45) is 0 Å². The maximum Gasteiger partial charge on any atom is 0.326 e. The molecule has 8 nitrogen and oxygen atoms in total. The number of benzene rings is 2. The zero-order valence-electron chi connectivity index (χ0n) is 19.7. The molecule has 3 amide bonds. The minimum Gasteiger partial charge on any atom is -0.497 e. The van der Waals surface area contributed by atoms with Crippen LogP contribution in [0.1, 0.15) is 41.3 Å². The number of nitrogens with one attached hydrogen (secondary N) is 1. The predicted molar refractivity (Wildman–Crippen MR) is 128 cm³/mol. The summed E-state index contributed by atoms with van der Waals surface area (Å²) in [6.07, 6.45) is 2.31. The summed E-state index contributed by atoms with van der Waals surface area (Å²) in [6, 6.07) is 13.1. The third-order valence-electron chi connectivity index (χ3n) is 7.30. The number of hydrogen-bond donors (Lipinski definition) is 1. The van der Waals surface area contributed by atoms with Crippen molar-refractivity contribution in [3.8, 4) is 5.75 Å². The van der Waals surface area contributed by atoms with Crippen LogP contribution in [0.3, 0.4) is 0 Å². The molecule has 178 valence electrons. The first kappa shape index (κ1) is 22.4. The van der Waals surface area contributed by atoms with Crippen LogP contribution in [-0.4, -0.2) is 67.5 Å². The van der Waals surface area contributed by atoms with Gasteiger partial charge in [-0.3, -0.25) is 14.5 Å². The number of methoxy groups -OCH3 is 1. The van der Waals surface area contributed by atoms with Crippen LogP contribution in [0, 0.1) is 0 Å². The topological polar surface area (TPSA) is 82.2 Å². The lowest BCUT2D eigenvalue weighted by Gasteiger charge is -2.37. The van der Waals surface area contributed by atoms with E-state index < -0.39 is 5.54 Å². The van der Waals surface area contributed by atoms with Crippen LogP contribution in [0.4, 0.5) is 10.5 Å². The number of amides is 3. The third-order valence-corrected chi connectivity index (χ3v) is 7.30. The molecular formula is C26H30N4O4. The number of hydrogen-bond acceptors (Lipinski definition) is 6. The zero-order chi connectivity index (χ0) is 23.9. The van der Waals surface area contributed by atoms with E-state index in [-0.39, 0.29) is 24.4 Å². The molecule has 0 bridgehead atoms. The van der Waals surface area contributed by atoms with Gasteiger partial charge in [0.25, 0.3) is 5.91 Å². The summed E-state index contributed by atoms with van der Waals surface area (Å²) in [4.78, 5) is 43.8. The molecule has 8 heteroatoms. The van der Waals surface area contributed by atoms with Crippen LogP contribution in [0.2, 0.25) is 0 Å². The fourth-order valence-corrected chi connectivity index (χ4v) is 5.36. The van der Waals surface area contributed by atoms with E-state index in [0.717, 1.165) is 61.6 Å². The zero-order valence-corrected chi connectivity index (χ0v) is 19.7. The second kappa shape index (κ2) is 8.76. The summed E-state index contributed by atoms with van der Waals surface area (Å²) in [5.41, 5.74) is 2.76. The lowest BCUT2D eigenvalue weighted by Crippen LogP contribution is -2.52. The van der Waals surface area contributed by atoms with Crippen LogP contribution in [-0.2, 0) is 16.8 Å². The van der Waals surface area contributed by atoms with Crippen molar-refractivity contribution in [2.45, 2.75) is 31.7 Å². The standard InChI is InChI=1S/C26H30N4O4/c1-18(31)19-5-7-21(8-6-19)29-14-12-28(13-15-29)17-30-24(32)26(27-25(30)33)11-3-4-20-16-22(34-2)9-10-23(20)26/h5-10,16H,3-4,11-15,17H2,1-2H3,(H,27,33). The quantitative estimate of drug-likeness (QED) is 0.544. The Hall–Kier alpha value is -3.39. The molecule has 1 atom stereocenters. The van der Waals surface area contributed by atoms with Gasteiger partial charge in [-0.15, -0.1) is 0 Å². The van der Waals surface area contributed by atoms with Crippen molar-refractivity contribution >= 4 is 23.4 Å². The maximum absolute atomic E-state index is 13.6. The third kappa shape index (κ3) is 3.81. The molecule has 0 aromatic heterocycles. The molecule has 1 unspecified atom stereocenters. The average molecular weight is 463 g/mol. The molecule has 2 aromatic rings. The van der Waals surface area contributed by atoms with Crippen molar-refractivity contribution in [2.75, 3.05) is 44.9 Å². The fraction of sp³-hybridized carbons (Fsp3) is 0.423. The van der Waals surface area contributed by atoms with Crippen molar-refractivity contribution in [1.82, 2.24) is 15.1 Å². The van der Waals surface area contributed by atoms with Gasteiger partial charge in [-0.2, -0.15) is 0 Å². The van der Waals surface area contributed by atoms with Gasteiger partial charge in [0.2, 0.25) is 0 Å². The monoisotopic (exact) mass is 462 g/mol. The van der Waals surface area contributed by atoms with Gasteiger partial charge in [0.05, 0.1) is 13.8 Å². The van der Waals surface area contributed by atoms with Gasteiger partial charge in [-0.05, 0) is 73.7 Å². The smallest absolute Gasteiger partial charge is 0.326 e. The molecule has 1 spiro atoms. The van der Waals surface area contributed by atoms with Crippen LogP contribution in [0.25, 0.3) is 0 Å². The molecule has 2 aromatic carbocycles. The number of nitrogens with zero attached hydrogens (tertiary/aromatic N) is 3. The van der Waals surface area contributed by atoms with Crippen LogP contribution in [0.15, 0.2) is 42.5 Å². The van der Waals surface area contributed by atoms with E-state index >= 15 is 0 Å². The Labute approximate surface area is 199 Å². The lowest BCUT2D eigenvalue weighted by molar-refractivity contribution is -0.133. The number of rotatable bonds is 5. The van der Waals surface area contributed by atoms with Crippen molar-refractivity contribution in [3.05, 3.63) is 59.2 Å². The predicted octanol–water partition coefficient (Wildman–Crippen LogP) is 2.76. The molecule has 2 fully saturated rings.